The van der Waals surface area contributed by atoms with Crippen LogP contribution < -0.4 is 0 Å². The van der Waals surface area contributed by atoms with E-state index < -0.39 is 6.10 Å². The maximum Gasteiger partial charge on any atom is 0.161 e. The summed E-state index contributed by atoms with van der Waals surface area (Å²) in [5.41, 5.74) is 2.38. The van der Waals surface area contributed by atoms with Crippen molar-refractivity contribution in [3.63, 3.8) is 0 Å². The molecular formula is C46H64O8. The van der Waals surface area contributed by atoms with Crippen LogP contribution in [0.3, 0.4) is 0 Å². The first kappa shape index (κ1) is 43.5. The Kier molecular flexibility index (Phi) is 17.0. The Balaban J connectivity index is 0.000000202. The fourth-order valence-electron chi connectivity index (χ4n) is 7.56. The van der Waals surface area contributed by atoms with Crippen molar-refractivity contribution in [1.29, 1.82) is 0 Å². The molecule has 0 aromatic heterocycles. The first-order valence-electron chi connectivity index (χ1n) is 19.8. The van der Waals surface area contributed by atoms with Gasteiger partial charge < -0.3 is 28.8 Å². The molecule has 2 saturated heterocycles. The molecule has 0 amide bonds. The first-order valence-corrected chi connectivity index (χ1v) is 19.8. The van der Waals surface area contributed by atoms with Crippen molar-refractivity contribution in [2.24, 2.45) is 27.6 Å². The minimum atomic E-state index is -0.641. The van der Waals surface area contributed by atoms with Crippen molar-refractivity contribution in [3.8, 4) is 0 Å². The molecule has 6 rings (SSSR count). The summed E-state index contributed by atoms with van der Waals surface area (Å²) in [5, 5.41) is 10.9. The lowest BCUT2D eigenvalue weighted by Crippen LogP contribution is -2.41. The lowest BCUT2D eigenvalue weighted by Gasteiger charge is -2.41. The molecule has 2 aliphatic carbocycles. The third kappa shape index (κ3) is 14.8. The van der Waals surface area contributed by atoms with Gasteiger partial charge in [-0.15, -0.1) is 0 Å². The SMILES string of the molecule is CC(C)(CC=O)COCc1ccccc1.CC(C)(COCc1ccccc1)CC(O)C1CC2(C=CC1=O)CCOCC2.O=C1C=CC2(CCOCC2)CC1. The molecule has 8 heteroatoms. The number of aliphatic hydroxyl groups is 1. The number of aliphatic hydroxyl groups excluding tert-OH is 1. The molecule has 296 valence electrons. The average Bonchev–Trinajstić information content (AvgIpc) is 3.16. The Morgan fingerprint density at radius 1 is 0.741 bits per heavy atom. The van der Waals surface area contributed by atoms with Gasteiger partial charge in [-0.2, -0.15) is 0 Å². The quantitative estimate of drug-likeness (QED) is 0.204. The summed E-state index contributed by atoms with van der Waals surface area (Å²) in [7, 11) is 0. The summed E-state index contributed by atoms with van der Waals surface area (Å²) >= 11 is 0. The van der Waals surface area contributed by atoms with Gasteiger partial charge >= 0.3 is 0 Å². The summed E-state index contributed by atoms with van der Waals surface area (Å²) < 4.78 is 22.2. The molecule has 1 N–H and O–H groups in total. The predicted octanol–water partition coefficient (Wildman–Crippen LogP) is 8.44. The second-order valence-electron chi connectivity index (χ2n) is 17.2. The van der Waals surface area contributed by atoms with Crippen LogP contribution in [0.25, 0.3) is 0 Å². The van der Waals surface area contributed by atoms with Crippen molar-refractivity contribution in [2.45, 2.75) is 105 Å². The van der Waals surface area contributed by atoms with Gasteiger partial charge in [0.05, 0.1) is 32.5 Å². The number of rotatable bonds is 13. The van der Waals surface area contributed by atoms with Gasteiger partial charge in [-0.25, -0.2) is 0 Å². The van der Waals surface area contributed by atoms with E-state index in [0.29, 0.717) is 44.7 Å². The molecule has 2 fully saturated rings. The second kappa shape index (κ2) is 21.1. The molecular weight excluding hydrogens is 680 g/mol. The van der Waals surface area contributed by atoms with Gasteiger partial charge in [-0.1, -0.05) is 101 Å². The third-order valence-corrected chi connectivity index (χ3v) is 11.1. The van der Waals surface area contributed by atoms with Gasteiger partial charge in [0, 0.05) is 45.2 Å². The molecule has 2 atom stereocenters. The highest BCUT2D eigenvalue weighted by Crippen LogP contribution is 2.44. The van der Waals surface area contributed by atoms with Crippen LogP contribution in [0.15, 0.2) is 85.0 Å². The summed E-state index contributed by atoms with van der Waals surface area (Å²) in [4.78, 5) is 33.8. The van der Waals surface area contributed by atoms with Crippen LogP contribution in [0, 0.1) is 27.6 Å². The Labute approximate surface area is 323 Å². The largest absolute Gasteiger partial charge is 0.392 e. The predicted molar refractivity (Wildman–Crippen MR) is 212 cm³/mol. The summed E-state index contributed by atoms with van der Waals surface area (Å²) in [6, 6.07) is 20.1. The normalized spacial score (nSPS) is 21.1. The van der Waals surface area contributed by atoms with Crippen LogP contribution >= 0.6 is 0 Å². The maximum atomic E-state index is 12.4. The number of hydrogen-bond donors (Lipinski definition) is 1. The molecule has 2 unspecified atom stereocenters. The van der Waals surface area contributed by atoms with E-state index in [-0.39, 0.29) is 33.7 Å². The van der Waals surface area contributed by atoms with E-state index in [0.717, 1.165) is 83.2 Å². The van der Waals surface area contributed by atoms with Crippen molar-refractivity contribution < 1.29 is 38.4 Å². The maximum absolute atomic E-state index is 12.4. The zero-order valence-electron chi connectivity index (χ0n) is 33.1. The molecule has 2 aromatic carbocycles. The molecule has 0 radical (unpaired) electrons. The number of benzene rings is 2. The minimum absolute atomic E-state index is 0.0196. The van der Waals surface area contributed by atoms with E-state index in [2.05, 4.69) is 26.0 Å². The van der Waals surface area contributed by atoms with Crippen LogP contribution in [0.4, 0.5) is 0 Å². The number of ketones is 2. The van der Waals surface area contributed by atoms with Gasteiger partial charge in [0.25, 0.3) is 0 Å². The fourth-order valence-corrected chi connectivity index (χ4v) is 7.56. The number of allylic oxidation sites excluding steroid dienone is 4. The van der Waals surface area contributed by atoms with E-state index in [1.54, 1.807) is 12.2 Å². The van der Waals surface area contributed by atoms with Gasteiger partial charge in [-0.05, 0) is 89.9 Å². The smallest absolute Gasteiger partial charge is 0.161 e. The zero-order chi connectivity index (χ0) is 38.9. The van der Waals surface area contributed by atoms with Gasteiger partial charge in [-0.3, -0.25) is 9.59 Å². The highest BCUT2D eigenvalue weighted by Gasteiger charge is 2.42. The van der Waals surface area contributed by atoms with Crippen molar-refractivity contribution in [3.05, 3.63) is 96.1 Å². The number of ether oxygens (including phenoxy) is 4. The van der Waals surface area contributed by atoms with E-state index in [9.17, 15) is 19.5 Å². The number of hydrogen-bond acceptors (Lipinski definition) is 8. The monoisotopic (exact) mass is 744 g/mol. The molecule has 0 saturated carbocycles. The molecule has 2 aromatic rings. The van der Waals surface area contributed by atoms with Crippen LogP contribution in [0.1, 0.15) is 96.6 Å². The molecule has 2 aliphatic heterocycles. The zero-order valence-corrected chi connectivity index (χ0v) is 33.1. The Bertz CT molecular complexity index is 1480. The Morgan fingerprint density at radius 2 is 1.24 bits per heavy atom. The van der Waals surface area contributed by atoms with Crippen molar-refractivity contribution in [2.75, 3.05) is 39.6 Å². The topological polar surface area (TPSA) is 108 Å². The summed E-state index contributed by atoms with van der Waals surface area (Å²) in [6.45, 7) is 13.8. The third-order valence-electron chi connectivity index (χ3n) is 11.1. The van der Waals surface area contributed by atoms with E-state index in [4.69, 9.17) is 18.9 Å². The summed E-state index contributed by atoms with van der Waals surface area (Å²) in [5.74, 6) is 0.0224. The second-order valence-corrected chi connectivity index (χ2v) is 17.2. The molecule has 4 aliphatic rings. The standard InChI is InChI=1S/C23H32O4.C13H18O2.C10H14O2/c1-22(2,17-27-16-18-6-4-3-5-7-18)15-21(25)19-14-23(9-8-20(19)24)10-12-26-13-11-23;1-13(2,8-9-14)11-15-10-12-6-4-3-5-7-12;11-9-1-3-10(4-2-9)5-7-12-8-6-10/h3-9,19,21,25H,10-17H2,1-2H3;3-7,9H,8,10-11H2,1-2H3;1,3H,2,4-8H2. The number of carbonyl (C=O) groups excluding carboxylic acids is 3. The van der Waals surface area contributed by atoms with Crippen molar-refractivity contribution >= 4 is 17.9 Å². The first-order chi connectivity index (χ1) is 25.8. The van der Waals surface area contributed by atoms with E-state index in [1.165, 1.54) is 5.56 Å². The average molecular weight is 745 g/mol. The van der Waals surface area contributed by atoms with Crippen LogP contribution in [-0.2, 0) is 46.5 Å². The van der Waals surface area contributed by atoms with E-state index in [1.807, 2.05) is 74.5 Å². The lowest BCUT2D eigenvalue weighted by atomic mass is 9.66. The highest BCUT2D eigenvalue weighted by molar-refractivity contribution is 5.93. The molecule has 2 spiro atoms. The van der Waals surface area contributed by atoms with Crippen LogP contribution in [0.5, 0.6) is 0 Å². The minimum Gasteiger partial charge on any atom is -0.392 e. The van der Waals surface area contributed by atoms with Gasteiger partial charge in [0.1, 0.15) is 6.29 Å². The fraction of sp³-hybridized carbons (Fsp3) is 0.587. The molecule has 0 bridgehead atoms. The lowest BCUT2D eigenvalue weighted by molar-refractivity contribution is -0.126. The van der Waals surface area contributed by atoms with Gasteiger partial charge in [0.15, 0.2) is 11.6 Å². The molecule has 54 heavy (non-hydrogen) atoms. The number of aldehydes is 1. The molecule has 2 heterocycles. The summed E-state index contributed by atoms with van der Waals surface area (Å²) in [6.07, 6.45) is 15.6. The number of carbonyl (C=O) groups is 3. The van der Waals surface area contributed by atoms with E-state index >= 15 is 0 Å². The van der Waals surface area contributed by atoms with Crippen LogP contribution in [-0.4, -0.2) is 68.7 Å². The van der Waals surface area contributed by atoms with Crippen LogP contribution in [0.2, 0.25) is 0 Å². The molecule has 8 nitrogen and oxygen atoms in total. The van der Waals surface area contributed by atoms with Gasteiger partial charge in [0.2, 0.25) is 0 Å². The Hall–Kier alpha value is -3.27. The van der Waals surface area contributed by atoms with Crippen molar-refractivity contribution in [1.82, 2.24) is 0 Å². The highest BCUT2D eigenvalue weighted by atomic mass is 16.5. The Morgan fingerprint density at radius 3 is 1.74 bits per heavy atom.